The zero-order chi connectivity index (χ0) is 18.5. The number of benzene rings is 2. The van der Waals surface area contributed by atoms with Crippen molar-refractivity contribution in [2.75, 3.05) is 0 Å². The van der Waals surface area contributed by atoms with Crippen LogP contribution in [0.15, 0.2) is 36.4 Å². The van der Waals surface area contributed by atoms with Crippen LogP contribution in [0.25, 0.3) is 11.3 Å². The molecule has 0 saturated carbocycles. The fourth-order valence-corrected chi connectivity index (χ4v) is 4.62. The smallest absolute Gasteiger partial charge is 0.336 e. The average molecular weight is 348 g/mol. The maximum Gasteiger partial charge on any atom is 0.336 e. The van der Waals surface area contributed by atoms with Gasteiger partial charge in [-0.15, -0.1) is 0 Å². The summed E-state index contributed by atoms with van der Waals surface area (Å²) >= 11 is 0. The first kappa shape index (κ1) is 16.9. The summed E-state index contributed by atoms with van der Waals surface area (Å²) in [6.07, 6.45) is 4.70. The number of aromatic carboxylic acids is 1. The highest BCUT2D eigenvalue weighted by molar-refractivity contribution is 6.01. The molecule has 0 bridgehead atoms. The van der Waals surface area contributed by atoms with Gasteiger partial charge in [-0.1, -0.05) is 44.2 Å². The molecule has 2 aromatic carbocycles. The molecule has 3 nitrogen and oxygen atoms in total. The van der Waals surface area contributed by atoms with Crippen LogP contribution in [-0.4, -0.2) is 16.2 Å². The van der Waals surface area contributed by atoms with E-state index in [9.17, 15) is 15.0 Å². The van der Waals surface area contributed by atoms with Gasteiger partial charge in [-0.2, -0.15) is 0 Å². The largest absolute Gasteiger partial charge is 0.507 e. The minimum absolute atomic E-state index is 0.161. The summed E-state index contributed by atoms with van der Waals surface area (Å²) in [7, 11) is 0. The van der Waals surface area contributed by atoms with Crippen molar-refractivity contribution in [2.24, 2.45) is 0 Å². The van der Waals surface area contributed by atoms with Gasteiger partial charge < -0.3 is 10.2 Å². The summed E-state index contributed by atoms with van der Waals surface area (Å²) in [4.78, 5) is 12.0. The number of carboxylic acid groups (broad SMARTS) is 1. The molecule has 0 saturated heterocycles. The van der Waals surface area contributed by atoms with E-state index in [1.54, 1.807) is 6.07 Å². The Hall–Kier alpha value is -2.55. The molecular formula is C23H24O3. The predicted octanol–water partition coefficient (Wildman–Crippen LogP) is 5.37. The molecule has 0 radical (unpaired) electrons. The van der Waals surface area contributed by atoms with Crippen LogP contribution in [0.2, 0.25) is 0 Å². The molecule has 0 unspecified atom stereocenters. The molecule has 0 aromatic heterocycles. The van der Waals surface area contributed by atoms with Crippen LogP contribution >= 0.6 is 0 Å². The lowest BCUT2D eigenvalue weighted by molar-refractivity contribution is 0.0696. The number of carbonyl (C=O) groups is 1. The van der Waals surface area contributed by atoms with Crippen molar-refractivity contribution < 1.29 is 15.0 Å². The van der Waals surface area contributed by atoms with E-state index < -0.39 is 5.97 Å². The molecular weight excluding hydrogens is 324 g/mol. The molecule has 2 aliphatic carbocycles. The minimum atomic E-state index is -0.926. The van der Waals surface area contributed by atoms with E-state index in [-0.39, 0.29) is 11.2 Å². The van der Waals surface area contributed by atoms with Crippen LogP contribution < -0.4 is 0 Å². The maximum atomic E-state index is 12.0. The second kappa shape index (κ2) is 6.01. The van der Waals surface area contributed by atoms with Gasteiger partial charge in [0.1, 0.15) is 5.76 Å². The Balaban J connectivity index is 2.03. The van der Waals surface area contributed by atoms with Gasteiger partial charge >= 0.3 is 5.97 Å². The second-order valence-corrected chi connectivity index (χ2v) is 8.07. The zero-order valence-corrected chi connectivity index (χ0v) is 15.3. The molecule has 2 aliphatic rings. The van der Waals surface area contributed by atoms with Gasteiger partial charge in [0, 0.05) is 11.1 Å². The molecule has 26 heavy (non-hydrogen) atoms. The van der Waals surface area contributed by atoms with E-state index in [0.717, 1.165) is 53.5 Å². The van der Waals surface area contributed by atoms with Crippen molar-refractivity contribution in [3.63, 3.8) is 0 Å². The lowest BCUT2D eigenvalue weighted by Crippen LogP contribution is -2.25. The lowest BCUT2D eigenvalue weighted by atomic mass is 9.69. The Morgan fingerprint density at radius 2 is 1.77 bits per heavy atom. The predicted molar refractivity (Wildman–Crippen MR) is 104 cm³/mol. The fourth-order valence-electron chi connectivity index (χ4n) is 4.62. The highest BCUT2D eigenvalue weighted by atomic mass is 16.4. The molecule has 0 heterocycles. The first-order chi connectivity index (χ1) is 12.4. The molecule has 2 N–H and O–H groups in total. The number of aliphatic hydroxyl groups excluding tert-OH is 1. The molecule has 2 aromatic rings. The van der Waals surface area contributed by atoms with Crippen molar-refractivity contribution in [2.45, 2.75) is 51.4 Å². The first-order valence-electron chi connectivity index (χ1n) is 9.30. The van der Waals surface area contributed by atoms with Crippen molar-refractivity contribution in [3.8, 4) is 0 Å². The Morgan fingerprint density at radius 1 is 1.04 bits per heavy atom. The summed E-state index contributed by atoms with van der Waals surface area (Å²) in [5, 5.41) is 20.9. The van der Waals surface area contributed by atoms with Crippen molar-refractivity contribution in [3.05, 3.63) is 69.8 Å². The van der Waals surface area contributed by atoms with E-state index in [2.05, 4.69) is 19.9 Å². The SMILES string of the molecule is CC1(C)CC(c2c(C(=O)O)ccc3c2CCCC3)=C(O)c2ccccc21. The Kier molecular flexibility index (Phi) is 3.91. The van der Waals surface area contributed by atoms with Crippen molar-refractivity contribution in [1.82, 2.24) is 0 Å². The molecule has 4 rings (SSSR count). The van der Waals surface area contributed by atoms with E-state index in [1.807, 2.05) is 24.3 Å². The quantitative estimate of drug-likeness (QED) is 0.767. The minimum Gasteiger partial charge on any atom is -0.507 e. The monoisotopic (exact) mass is 348 g/mol. The molecule has 0 spiro atoms. The van der Waals surface area contributed by atoms with E-state index in [1.165, 1.54) is 5.56 Å². The van der Waals surface area contributed by atoms with Gasteiger partial charge in [0.05, 0.1) is 5.56 Å². The summed E-state index contributed by atoms with van der Waals surface area (Å²) in [5.41, 5.74) is 5.97. The van der Waals surface area contributed by atoms with E-state index in [4.69, 9.17) is 0 Å². The van der Waals surface area contributed by atoms with Gasteiger partial charge in [-0.3, -0.25) is 0 Å². The molecule has 0 aliphatic heterocycles. The molecule has 0 fully saturated rings. The third-order valence-corrected chi connectivity index (χ3v) is 5.88. The third kappa shape index (κ3) is 2.54. The van der Waals surface area contributed by atoms with Crippen molar-refractivity contribution in [1.29, 1.82) is 0 Å². The molecule has 0 atom stereocenters. The van der Waals surface area contributed by atoms with Gasteiger partial charge in [0.15, 0.2) is 0 Å². The number of hydrogen-bond donors (Lipinski definition) is 2. The van der Waals surface area contributed by atoms with Gasteiger partial charge in [-0.25, -0.2) is 4.79 Å². The molecule has 3 heteroatoms. The summed E-state index contributed by atoms with van der Waals surface area (Å²) < 4.78 is 0. The molecule has 134 valence electrons. The Bertz CT molecular complexity index is 934. The number of aliphatic hydroxyl groups is 1. The number of aryl methyl sites for hydroxylation is 1. The van der Waals surface area contributed by atoms with Gasteiger partial charge in [-0.05, 0) is 65.8 Å². The number of fused-ring (bicyclic) bond motifs is 2. The number of rotatable bonds is 2. The van der Waals surface area contributed by atoms with Crippen LogP contribution in [0, 0.1) is 0 Å². The zero-order valence-electron chi connectivity index (χ0n) is 15.3. The Labute approximate surface area is 154 Å². The topological polar surface area (TPSA) is 57.5 Å². The van der Waals surface area contributed by atoms with Crippen LogP contribution in [0.5, 0.6) is 0 Å². The highest BCUT2D eigenvalue weighted by Gasteiger charge is 2.35. The highest BCUT2D eigenvalue weighted by Crippen LogP contribution is 2.47. The van der Waals surface area contributed by atoms with E-state index in [0.29, 0.717) is 12.0 Å². The fraction of sp³-hybridized carbons (Fsp3) is 0.348. The summed E-state index contributed by atoms with van der Waals surface area (Å²) in [6.45, 7) is 4.32. The standard InChI is InChI=1S/C23H24O3/c1-23(2)13-18(21(24)16-9-5-6-10-19(16)23)20-15-8-4-3-7-14(15)11-12-17(20)22(25)26/h5-6,9-12,24H,3-4,7-8,13H2,1-2H3,(H,25,26). The summed E-state index contributed by atoms with van der Waals surface area (Å²) in [5.74, 6) is -0.688. The normalized spacial score (nSPS) is 18.2. The van der Waals surface area contributed by atoms with E-state index >= 15 is 0 Å². The van der Waals surface area contributed by atoms with Crippen molar-refractivity contribution >= 4 is 17.3 Å². The second-order valence-electron chi connectivity index (χ2n) is 8.07. The average Bonchev–Trinajstić information content (AvgIpc) is 2.64. The van der Waals surface area contributed by atoms with Crippen LogP contribution in [-0.2, 0) is 18.3 Å². The van der Waals surface area contributed by atoms with Crippen LogP contribution in [0.1, 0.15) is 71.3 Å². The van der Waals surface area contributed by atoms with Crippen LogP contribution in [0.3, 0.4) is 0 Å². The van der Waals surface area contributed by atoms with Crippen LogP contribution in [0.4, 0.5) is 0 Å². The molecule has 0 amide bonds. The number of allylic oxidation sites excluding steroid dienone is 1. The van der Waals surface area contributed by atoms with Gasteiger partial charge in [0.25, 0.3) is 0 Å². The first-order valence-corrected chi connectivity index (χ1v) is 9.30. The number of carboxylic acids is 1. The number of hydrogen-bond acceptors (Lipinski definition) is 2. The van der Waals surface area contributed by atoms with Gasteiger partial charge in [0.2, 0.25) is 0 Å². The maximum absolute atomic E-state index is 12.0. The Morgan fingerprint density at radius 3 is 2.54 bits per heavy atom. The third-order valence-electron chi connectivity index (χ3n) is 5.88. The lowest BCUT2D eigenvalue weighted by Gasteiger charge is -2.35. The summed E-state index contributed by atoms with van der Waals surface area (Å²) in [6, 6.07) is 11.6.